The minimum Gasteiger partial charge on any atom is -0.336 e. The number of halogens is 2. The van der Waals surface area contributed by atoms with E-state index in [-0.39, 0.29) is 24.2 Å². The minimum absolute atomic E-state index is 0.147. The number of rotatable bonds is 3. The molecule has 2 heterocycles. The third-order valence-corrected chi connectivity index (χ3v) is 4.90. The summed E-state index contributed by atoms with van der Waals surface area (Å²) in [5.74, 6) is -4.33. The van der Waals surface area contributed by atoms with Crippen LogP contribution in [0.15, 0.2) is 0 Å². The Labute approximate surface area is 130 Å². The maximum Gasteiger partial charge on any atom is 0.266 e. The molecular weight excluding hydrogens is 290 g/mol. The van der Waals surface area contributed by atoms with Gasteiger partial charge in [0.25, 0.3) is 5.92 Å². The van der Waals surface area contributed by atoms with Gasteiger partial charge >= 0.3 is 0 Å². The summed E-state index contributed by atoms with van der Waals surface area (Å²) in [4.78, 5) is 27.5. The highest BCUT2D eigenvalue weighted by Gasteiger charge is 2.44. The highest BCUT2D eigenvalue weighted by molar-refractivity contribution is 5.82. The smallest absolute Gasteiger partial charge is 0.266 e. The van der Waals surface area contributed by atoms with Crippen molar-refractivity contribution in [3.05, 3.63) is 0 Å². The maximum absolute atomic E-state index is 13.8. The number of nitrogens with zero attached hydrogens (tertiary/aromatic N) is 2. The first-order valence-electron chi connectivity index (χ1n) is 8.11. The van der Waals surface area contributed by atoms with Gasteiger partial charge in [0.2, 0.25) is 5.91 Å². The number of alkyl halides is 2. The number of piperidine rings is 2. The molecule has 0 spiro atoms. The molecule has 22 heavy (non-hydrogen) atoms. The second-order valence-corrected chi connectivity index (χ2v) is 6.99. The molecule has 2 saturated heterocycles. The molecule has 4 nitrogen and oxygen atoms in total. The summed E-state index contributed by atoms with van der Waals surface area (Å²) < 4.78 is 27.6. The third-order valence-electron chi connectivity index (χ3n) is 4.90. The van der Waals surface area contributed by atoms with E-state index in [4.69, 9.17) is 0 Å². The lowest BCUT2D eigenvalue weighted by atomic mass is 9.89. The van der Waals surface area contributed by atoms with E-state index in [1.54, 1.807) is 0 Å². The van der Waals surface area contributed by atoms with Crippen LogP contribution in [0, 0.1) is 11.8 Å². The lowest BCUT2D eigenvalue weighted by molar-refractivity contribution is -0.154. The molecule has 0 N–H and O–H groups in total. The zero-order valence-electron chi connectivity index (χ0n) is 13.6. The number of hydrogen-bond acceptors (Lipinski definition) is 3. The van der Waals surface area contributed by atoms with Crippen molar-refractivity contribution in [3.8, 4) is 0 Å². The van der Waals surface area contributed by atoms with Crippen LogP contribution in [0.3, 0.4) is 0 Å². The lowest BCUT2D eigenvalue weighted by Crippen LogP contribution is -2.53. The largest absolute Gasteiger partial charge is 0.336 e. The monoisotopic (exact) mass is 316 g/mol. The van der Waals surface area contributed by atoms with E-state index in [1.807, 2.05) is 0 Å². The highest BCUT2D eigenvalue weighted by atomic mass is 19.3. The summed E-state index contributed by atoms with van der Waals surface area (Å²) >= 11 is 0. The Morgan fingerprint density at radius 3 is 2.23 bits per heavy atom. The van der Waals surface area contributed by atoms with Crippen molar-refractivity contribution < 1.29 is 18.4 Å². The second kappa shape index (κ2) is 6.60. The van der Waals surface area contributed by atoms with Crippen molar-refractivity contribution in [2.24, 2.45) is 11.8 Å². The average molecular weight is 316 g/mol. The average Bonchev–Trinajstić information content (AvgIpc) is 2.44. The van der Waals surface area contributed by atoms with Crippen LogP contribution in [0.2, 0.25) is 0 Å². The molecule has 6 heteroatoms. The third kappa shape index (κ3) is 4.03. The first-order chi connectivity index (χ1) is 10.2. The van der Waals surface area contributed by atoms with E-state index in [0.717, 1.165) is 13.1 Å². The van der Waals surface area contributed by atoms with Crippen molar-refractivity contribution in [2.75, 3.05) is 26.2 Å². The SMILES string of the molecule is CC(=O)C1CN(C(=O)C2CCN(C(C)C)CC2)CC(F)(F)C1. The Bertz CT molecular complexity index is 432. The number of carbonyl (C=O) groups is 2. The van der Waals surface area contributed by atoms with Crippen molar-refractivity contribution in [1.29, 1.82) is 0 Å². The molecule has 0 aromatic carbocycles. The number of hydrogen-bond donors (Lipinski definition) is 0. The molecule has 126 valence electrons. The first-order valence-corrected chi connectivity index (χ1v) is 8.11. The Hall–Kier alpha value is -1.04. The second-order valence-electron chi connectivity index (χ2n) is 6.99. The summed E-state index contributed by atoms with van der Waals surface area (Å²) in [6.45, 7) is 6.82. The van der Waals surface area contributed by atoms with E-state index in [1.165, 1.54) is 11.8 Å². The molecule has 0 aromatic rings. The van der Waals surface area contributed by atoms with E-state index in [2.05, 4.69) is 18.7 Å². The Kier molecular flexibility index (Phi) is 5.20. The molecule has 2 rings (SSSR count). The fraction of sp³-hybridized carbons (Fsp3) is 0.875. The zero-order valence-corrected chi connectivity index (χ0v) is 13.6. The number of ketones is 1. The van der Waals surface area contributed by atoms with Gasteiger partial charge in [-0.15, -0.1) is 0 Å². The summed E-state index contributed by atoms with van der Waals surface area (Å²) in [7, 11) is 0. The van der Waals surface area contributed by atoms with Gasteiger partial charge in [0.1, 0.15) is 5.78 Å². The van der Waals surface area contributed by atoms with Crippen LogP contribution in [0.4, 0.5) is 8.78 Å². The van der Waals surface area contributed by atoms with Gasteiger partial charge in [-0.3, -0.25) is 9.59 Å². The molecule has 2 fully saturated rings. The van der Waals surface area contributed by atoms with E-state index in [9.17, 15) is 18.4 Å². The van der Waals surface area contributed by atoms with Crippen LogP contribution in [-0.4, -0.2) is 59.6 Å². The van der Waals surface area contributed by atoms with Crippen LogP contribution in [0.1, 0.15) is 40.0 Å². The normalized spacial score (nSPS) is 27.2. The maximum atomic E-state index is 13.8. The molecule has 0 aliphatic carbocycles. The Morgan fingerprint density at radius 1 is 1.14 bits per heavy atom. The highest BCUT2D eigenvalue weighted by Crippen LogP contribution is 2.32. The van der Waals surface area contributed by atoms with Gasteiger partial charge in [0.15, 0.2) is 0 Å². The van der Waals surface area contributed by atoms with Crippen molar-refractivity contribution in [3.63, 3.8) is 0 Å². The van der Waals surface area contributed by atoms with Gasteiger partial charge in [-0.2, -0.15) is 0 Å². The zero-order chi connectivity index (χ0) is 16.5. The summed E-state index contributed by atoms with van der Waals surface area (Å²) in [5.41, 5.74) is 0. The topological polar surface area (TPSA) is 40.6 Å². The number of amides is 1. The van der Waals surface area contributed by atoms with E-state index in [0.29, 0.717) is 18.9 Å². The van der Waals surface area contributed by atoms with Crippen LogP contribution < -0.4 is 0 Å². The fourth-order valence-electron chi connectivity index (χ4n) is 3.46. The number of likely N-dealkylation sites (tertiary alicyclic amines) is 2. The van der Waals surface area contributed by atoms with E-state index < -0.39 is 24.8 Å². The first kappa shape index (κ1) is 17.3. The molecule has 1 unspecified atom stereocenters. The van der Waals surface area contributed by atoms with E-state index >= 15 is 0 Å². The standard InChI is InChI=1S/C16H26F2N2O2/c1-11(2)19-6-4-13(5-7-19)15(22)20-9-14(12(3)21)8-16(17,18)10-20/h11,13-14H,4-10H2,1-3H3. The van der Waals surface area contributed by atoms with Gasteiger partial charge in [-0.1, -0.05) is 0 Å². The van der Waals surface area contributed by atoms with Crippen molar-refractivity contribution >= 4 is 11.7 Å². The lowest BCUT2D eigenvalue weighted by Gasteiger charge is -2.40. The molecule has 0 aromatic heterocycles. The molecule has 0 bridgehead atoms. The van der Waals surface area contributed by atoms with Gasteiger partial charge in [0, 0.05) is 30.8 Å². The molecule has 2 aliphatic heterocycles. The quantitative estimate of drug-likeness (QED) is 0.801. The van der Waals surface area contributed by atoms with Gasteiger partial charge in [-0.05, 0) is 46.7 Å². The molecule has 2 aliphatic rings. The van der Waals surface area contributed by atoms with Crippen molar-refractivity contribution in [1.82, 2.24) is 9.80 Å². The summed E-state index contributed by atoms with van der Waals surface area (Å²) in [6, 6.07) is 0.442. The van der Waals surface area contributed by atoms with Gasteiger partial charge in [0.05, 0.1) is 6.54 Å². The minimum atomic E-state index is -2.96. The number of Topliss-reactive ketones (excluding diaryl/α,β-unsaturated/α-hetero) is 1. The van der Waals surface area contributed by atoms with Gasteiger partial charge < -0.3 is 9.80 Å². The van der Waals surface area contributed by atoms with Crippen LogP contribution in [0.25, 0.3) is 0 Å². The molecular formula is C16H26F2N2O2. The predicted molar refractivity (Wildman–Crippen MR) is 79.7 cm³/mol. The molecule has 0 saturated carbocycles. The van der Waals surface area contributed by atoms with Crippen LogP contribution in [0.5, 0.6) is 0 Å². The summed E-state index contributed by atoms with van der Waals surface area (Å²) in [6.07, 6.45) is 0.992. The Balaban J connectivity index is 1.98. The fourth-order valence-corrected chi connectivity index (χ4v) is 3.46. The Morgan fingerprint density at radius 2 is 1.73 bits per heavy atom. The van der Waals surface area contributed by atoms with Gasteiger partial charge in [-0.25, -0.2) is 8.78 Å². The predicted octanol–water partition coefficient (Wildman–Crippen LogP) is 2.18. The summed E-state index contributed by atoms with van der Waals surface area (Å²) in [5, 5.41) is 0. The molecule has 0 radical (unpaired) electrons. The molecule has 1 amide bonds. The van der Waals surface area contributed by atoms with Crippen LogP contribution in [-0.2, 0) is 9.59 Å². The number of carbonyl (C=O) groups excluding carboxylic acids is 2. The van der Waals surface area contributed by atoms with Crippen molar-refractivity contribution in [2.45, 2.75) is 52.0 Å². The molecule has 1 atom stereocenters. The van der Waals surface area contributed by atoms with Crippen LogP contribution >= 0.6 is 0 Å².